The number of aryl methyl sites for hydroxylation is 1. The lowest BCUT2D eigenvalue weighted by molar-refractivity contribution is 0.629. The van der Waals surface area contributed by atoms with Crippen LogP contribution in [0.25, 0.3) is 22.5 Å². The van der Waals surface area contributed by atoms with E-state index in [-0.39, 0.29) is 5.02 Å². The Morgan fingerprint density at radius 3 is 2.09 bits per heavy atom. The zero-order valence-electron chi connectivity index (χ0n) is 12.1. The van der Waals surface area contributed by atoms with Crippen molar-refractivity contribution in [3.63, 3.8) is 0 Å². The lowest BCUT2D eigenvalue weighted by Gasteiger charge is -2.05. The highest BCUT2D eigenvalue weighted by atomic mass is 35.5. The third-order valence-electron chi connectivity index (χ3n) is 3.51. The van der Waals surface area contributed by atoms with E-state index in [1.165, 1.54) is 6.07 Å². The van der Waals surface area contributed by atoms with Crippen molar-refractivity contribution in [3.8, 4) is 22.5 Å². The zero-order chi connectivity index (χ0) is 15.5. The van der Waals surface area contributed by atoms with Gasteiger partial charge in [-0.15, -0.1) is 0 Å². The van der Waals surface area contributed by atoms with Crippen LogP contribution in [0, 0.1) is 5.82 Å². The summed E-state index contributed by atoms with van der Waals surface area (Å²) < 4.78 is 13.5. The van der Waals surface area contributed by atoms with Gasteiger partial charge in [-0.3, -0.25) is 0 Å². The van der Waals surface area contributed by atoms with Crippen molar-refractivity contribution < 1.29 is 4.39 Å². The Labute approximate surface area is 133 Å². The Morgan fingerprint density at radius 2 is 1.50 bits per heavy atom. The molecule has 0 spiro atoms. The van der Waals surface area contributed by atoms with Crippen molar-refractivity contribution in [1.82, 2.24) is 9.97 Å². The summed E-state index contributed by atoms with van der Waals surface area (Å²) in [7, 11) is 0. The predicted octanol–water partition coefficient (Wildman–Crippen LogP) is 5.17. The fourth-order valence-electron chi connectivity index (χ4n) is 2.17. The lowest BCUT2D eigenvalue weighted by Crippen LogP contribution is -1.91. The molecular formula is C18H14ClFN2. The van der Waals surface area contributed by atoms with Crippen molar-refractivity contribution in [2.45, 2.75) is 13.3 Å². The third kappa shape index (κ3) is 3.00. The average Bonchev–Trinajstić information content (AvgIpc) is 2.58. The van der Waals surface area contributed by atoms with Crippen LogP contribution in [-0.4, -0.2) is 9.97 Å². The van der Waals surface area contributed by atoms with Gasteiger partial charge < -0.3 is 0 Å². The number of halogens is 2. The molecule has 4 heteroatoms. The fourth-order valence-corrected chi connectivity index (χ4v) is 2.29. The highest BCUT2D eigenvalue weighted by Gasteiger charge is 2.05. The lowest BCUT2D eigenvalue weighted by atomic mass is 10.0. The molecule has 22 heavy (non-hydrogen) atoms. The Kier molecular flexibility index (Phi) is 4.16. The van der Waals surface area contributed by atoms with Gasteiger partial charge >= 0.3 is 0 Å². The molecule has 0 saturated carbocycles. The molecular weight excluding hydrogens is 299 g/mol. The molecule has 1 heterocycles. The van der Waals surface area contributed by atoms with Crippen LogP contribution in [0.3, 0.4) is 0 Å². The molecule has 0 fully saturated rings. The van der Waals surface area contributed by atoms with Crippen LogP contribution in [0.15, 0.2) is 54.9 Å². The van der Waals surface area contributed by atoms with E-state index >= 15 is 0 Å². The smallest absolute Gasteiger partial charge is 0.159 e. The van der Waals surface area contributed by atoms with Gasteiger partial charge in [0, 0.05) is 18.0 Å². The summed E-state index contributed by atoms with van der Waals surface area (Å²) in [5.41, 5.74) is 3.75. The van der Waals surface area contributed by atoms with Gasteiger partial charge in [0.05, 0.1) is 5.02 Å². The molecule has 0 amide bonds. The Balaban J connectivity index is 1.89. The molecule has 0 atom stereocenters. The van der Waals surface area contributed by atoms with Crippen LogP contribution in [0.5, 0.6) is 0 Å². The minimum absolute atomic E-state index is 0.129. The van der Waals surface area contributed by atoms with Gasteiger partial charge in [0.25, 0.3) is 0 Å². The molecule has 0 radical (unpaired) electrons. The number of nitrogens with zero attached hydrogens (tertiary/aromatic N) is 2. The normalized spacial score (nSPS) is 10.7. The van der Waals surface area contributed by atoms with Crippen molar-refractivity contribution in [2.24, 2.45) is 0 Å². The van der Waals surface area contributed by atoms with Gasteiger partial charge in [0.15, 0.2) is 5.82 Å². The number of rotatable bonds is 3. The highest BCUT2D eigenvalue weighted by molar-refractivity contribution is 6.30. The molecule has 0 unspecified atom stereocenters. The predicted molar refractivity (Wildman–Crippen MR) is 87.3 cm³/mol. The first kappa shape index (κ1) is 14.7. The molecule has 2 nitrogen and oxygen atoms in total. The van der Waals surface area contributed by atoms with Crippen LogP contribution in [-0.2, 0) is 6.42 Å². The number of hydrogen-bond acceptors (Lipinski definition) is 2. The summed E-state index contributed by atoms with van der Waals surface area (Å²) in [6, 6.07) is 12.5. The van der Waals surface area contributed by atoms with Crippen molar-refractivity contribution in [1.29, 1.82) is 0 Å². The first-order valence-corrected chi connectivity index (χ1v) is 7.42. The summed E-state index contributed by atoms with van der Waals surface area (Å²) in [4.78, 5) is 8.72. The van der Waals surface area contributed by atoms with Gasteiger partial charge in [0.2, 0.25) is 0 Å². The Hall–Kier alpha value is -2.26. The summed E-state index contributed by atoms with van der Waals surface area (Å²) in [5, 5.41) is 0.129. The maximum Gasteiger partial charge on any atom is 0.159 e. The molecule has 0 aliphatic heterocycles. The molecule has 0 aliphatic rings. The standard InChI is InChI=1S/C18H14ClFN2/c1-2-12-10-21-18(22-11-12)14-5-3-13(4-6-14)15-7-8-16(19)17(20)9-15/h3-11H,2H2,1H3. The minimum Gasteiger partial charge on any atom is -0.236 e. The van der Waals surface area contributed by atoms with E-state index in [0.717, 1.165) is 28.7 Å². The van der Waals surface area contributed by atoms with Crippen molar-refractivity contribution in [2.75, 3.05) is 0 Å². The molecule has 2 aromatic carbocycles. The molecule has 0 aliphatic carbocycles. The molecule has 0 bridgehead atoms. The Bertz CT molecular complexity index is 783. The summed E-state index contributed by atoms with van der Waals surface area (Å²) in [5.74, 6) is 0.271. The SMILES string of the molecule is CCc1cnc(-c2ccc(-c3ccc(Cl)c(F)c3)cc2)nc1. The maximum atomic E-state index is 13.5. The van der Waals surface area contributed by atoms with Crippen molar-refractivity contribution in [3.05, 3.63) is 71.3 Å². The van der Waals surface area contributed by atoms with Crippen molar-refractivity contribution >= 4 is 11.6 Å². The van der Waals surface area contributed by atoms with Crippen LogP contribution in [0.1, 0.15) is 12.5 Å². The van der Waals surface area contributed by atoms with Gasteiger partial charge in [-0.05, 0) is 35.2 Å². The highest BCUT2D eigenvalue weighted by Crippen LogP contribution is 2.26. The van der Waals surface area contributed by atoms with Crippen LogP contribution in [0.4, 0.5) is 4.39 Å². The molecule has 3 aromatic rings. The van der Waals surface area contributed by atoms with Gasteiger partial charge in [0.1, 0.15) is 5.82 Å². The minimum atomic E-state index is -0.415. The van der Waals surface area contributed by atoms with Crippen LogP contribution in [0.2, 0.25) is 5.02 Å². The first-order valence-electron chi connectivity index (χ1n) is 7.04. The Morgan fingerprint density at radius 1 is 0.909 bits per heavy atom. The largest absolute Gasteiger partial charge is 0.236 e. The second kappa shape index (κ2) is 6.24. The monoisotopic (exact) mass is 312 g/mol. The van der Waals surface area contributed by atoms with E-state index in [1.54, 1.807) is 12.1 Å². The first-order chi connectivity index (χ1) is 10.7. The quantitative estimate of drug-likeness (QED) is 0.667. The summed E-state index contributed by atoms with van der Waals surface area (Å²) in [6.07, 6.45) is 4.59. The number of hydrogen-bond donors (Lipinski definition) is 0. The maximum absolute atomic E-state index is 13.5. The fraction of sp³-hybridized carbons (Fsp3) is 0.111. The summed E-state index contributed by atoms with van der Waals surface area (Å²) in [6.45, 7) is 2.07. The topological polar surface area (TPSA) is 25.8 Å². The molecule has 0 saturated heterocycles. The van der Waals surface area contributed by atoms with Gasteiger partial charge in [-0.2, -0.15) is 0 Å². The van der Waals surface area contributed by atoms with E-state index in [2.05, 4.69) is 16.9 Å². The van der Waals surface area contributed by atoms with E-state index in [0.29, 0.717) is 5.82 Å². The third-order valence-corrected chi connectivity index (χ3v) is 3.82. The van der Waals surface area contributed by atoms with E-state index < -0.39 is 5.82 Å². The molecule has 1 aromatic heterocycles. The molecule has 0 N–H and O–H groups in total. The second-order valence-electron chi connectivity index (χ2n) is 4.97. The van der Waals surface area contributed by atoms with Gasteiger partial charge in [-0.25, -0.2) is 14.4 Å². The summed E-state index contributed by atoms with van der Waals surface area (Å²) >= 11 is 5.71. The average molecular weight is 313 g/mol. The van der Waals surface area contributed by atoms with Gasteiger partial charge in [-0.1, -0.05) is 48.9 Å². The van der Waals surface area contributed by atoms with Crippen LogP contribution < -0.4 is 0 Å². The molecule has 110 valence electrons. The second-order valence-corrected chi connectivity index (χ2v) is 5.38. The number of aromatic nitrogens is 2. The molecule has 3 rings (SSSR count). The van der Waals surface area contributed by atoms with Crippen LogP contribution >= 0.6 is 11.6 Å². The van der Waals surface area contributed by atoms with E-state index in [9.17, 15) is 4.39 Å². The van der Waals surface area contributed by atoms with E-state index in [4.69, 9.17) is 11.6 Å². The van der Waals surface area contributed by atoms with E-state index in [1.807, 2.05) is 36.7 Å². The zero-order valence-corrected chi connectivity index (χ0v) is 12.8. The number of benzene rings is 2.